The average Bonchev–Trinajstić information content (AvgIpc) is 2.96. The first-order valence-corrected chi connectivity index (χ1v) is 7.55. The van der Waals surface area contributed by atoms with Crippen LogP contribution in [0.2, 0.25) is 0 Å². The van der Waals surface area contributed by atoms with Crippen LogP contribution in [0.1, 0.15) is 23.0 Å². The van der Waals surface area contributed by atoms with Gasteiger partial charge in [-0.1, -0.05) is 11.6 Å². The van der Waals surface area contributed by atoms with Crippen LogP contribution in [0.25, 0.3) is 11.0 Å². The van der Waals surface area contributed by atoms with Crippen molar-refractivity contribution in [1.82, 2.24) is 4.98 Å². The van der Waals surface area contributed by atoms with Gasteiger partial charge in [0.05, 0.1) is 6.54 Å². The zero-order chi connectivity index (χ0) is 16.0. The number of aromatic nitrogens is 1. The molecule has 0 fully saturated rings. The summed E-state index contributed by atoms with van der Waals surface area (Å²) in [5.41, 5.74) is 2.52. The molecule has 0 N–H and O–H groups in total. The summed E-state index contributed by atoms with van der Waals surface area (Å²) in [6.45, 7) is 4.40. The number of fused-ring (bicyclic) bond motifs is 2. The predicted octanol–water partition coefficient (Wildman–Crippen LogP) is 3.56. The Bertz CT molecular complexity index is 900. The highest BCUT2D eigenvalue weighted by molar-refractivity contribution is 6.07. The fourth-order valence-electron chi connectivity index (χ4n) is 2.86. The van der Waals surface area contributed by atoms with Crippen LogP contribution in [-0.4, -0.2) is 23.5 Å². The quantitative estimate of drug-likeness (QED) is 0.689. The Kier molecular flexibility index (Phi) is 3.08. The van der Waals surface area contributed by atoms with Crippen LogP contribution in [0.4, 0.5) is 5.69 Å². The molecular formula is C18H16N2O3. The van der Waals surface area contributed by atoms with Crippen molar-refractivity contribution in [1.29, 1.82) is 0 Å². The molecule has 0 spiro atoms. The van der Waals surface area contributed by atoms with Gasteiger partial charge in [0.25, 0.3) is 5.91 Å². The van der Waals surface area contributed by atoms with Crippen LogP contribution in [0.3, 0.4) is 0 Å². The standard InChI is InChI=1S/C18H16N2O3/c1-11-5-6-15-13(8-11)9-16(23-15)18(21)20-10-12(2)22-17-14(20)4-3-7-19-17/h3-9,12H,10H2,1-2H3/t12-/m1/s1. The van der Waals surface area contributed by atoms with E-state index < -0.39 is 0 Å². The fourth-order valence-corrected chi connectivity index (χ4v) is 2.86. The minimum atomic E-state index is -0.178. The lowest BCUT2D eigenvalue weighted by Crippen LogP contribution is -2.42. The van der Waals surface area contributed by atoms with E-state index in [9.17, 15) is 4.79 Å². The zero-order valence-corrected chi connectivity index (χ0v) is 12.9. The molecule has 1 amide bonds. The van der Waals surface area contributed by atoms with Gasteiger partial charge in [0.2, 0.25) is 5.88 Å². The number of hydrogen-bond acceptors (Lipinski definition) is 4. The monoisotopic (exact) mass is 308 g/mol. The second kappa shape index (κ2) is 5.12. The van der Waals surface area contributed by atoms with Crippen molar-refractivity contribution in [2.75, 3.05) is 11.4 Å². The number of hydrogen-bond donors (Lipinski definition) is 0. The van der Waals surface area contributed by atoms with Crippen LogP contribution in [-0.2, 0) is 0 Å². The van der Waals surface area contributed by atoms with E-state index in [1.807, 2.05) is 38.1 Å². The number of amides is 1. The molecule has 1 aliphatic rings. The maximum Gasteiger partial charge on any atom is 0.294 e. The molecule has 1 aromatic carbocycles. The maximum atomic E-state index is 12.9. The maximum absolute atomic E-state index is 12.9. The number of carbonyl (C=O) groups is 1. The summed E-state index contributed by atoms with van der Waals surface area (Å²) in [5, 5.41) is 0.932. The van der Waals surface area contributed by atoms with Crippen molar-refractivity contribution in [3.8, 4) is 5.88 Å². The molecule has 5 nitrogen and oxygen atoms in total. The highest BCUT2D eigenvalue weighted by Crippen LogP contribution is 2.32. The van der Waals surface area contributed by atoms with Gasteiger partial charge < -0.3 is 9.15 Å². The average molecular weight is 308 g/mol. The van der Waals surface area contributed by atoms with Crippen molar-refractivity contribution in [3.05, 3.63) is 53.9 Å². The lowest BCUT2D eigenvalue weighted by molar-refractivity contribution is 0.0934. The van der Waals surface area contributed by atoms with Crippen molar-refractivity contribution < 1.29 is 13.9 Å². The highest BCUT2D eigenvalue weighted by Gasteiger charge is 2.30. The molecule has 3 aromatic rings. The van der Waals surface area contributed by atoms with Crippen molar-refractivity contribution in [3.63, 3.8) is 0 Å². The molecule has 0 aliphatic carbocycles. The number of rotatable bonds is 1. The number of aryl methyl sites for hydroxylation is 1. The van der Waals surface area contributed by atoms with Gasteiger partial charge >= 0.3 is 0 Å². The van der Waals surface area contributed by atoms with E-state index in [2.05, 4.69) is 4.98 Å². The Morgan fingerprint density at radius 2 is 2.17 bits per heavy atom. The van der Waals surface area contributed by atoms with E-state index >= 15 is 0 Å². The van der Waals surface area contributed by atoms with E-state index in [0.717, 1.165) is 10.9 Å². The molecule has 0 bridgehead atoms. The van der Waals surface area contributed by atoms with Gasteiger partial charge in [0.15, 0.2) is 5.76 Å². The topological polar surface area (TPSA) is 55.6 Å². The SMILES string of the molecule is Cc1ccc2oc(C(=O)N3C[C@@H](C)Oc4ncccc43)cc2c1. The first kappa shape index (κ1) is 13.8. The normalized spacial score (nSPS) is 17.0. The van der Waals surface area contributed by atoms with Crippen molar-refractivity contribution >= 4 is 22.6 Å². The van der Waals surface area contributed by atoms with Crippen molar-refractivity contribution in [2.24, 2.45) is 0 Å². The molecule has 4 rings (SSSR count). The smallest absolute Gasteiger partial charge is 0.294 e. The molecule has 0 saturated heterocycles. The summed E-state index contributed by atoms with van der Waals surface area (Å²) >= 11 is 0. The zero-order valence-electron chi connectivity index (χ0n) is 12.9. The lowest BCUT2D eigenvalue weighted by Gasteiger charge is -2.31. The summed E-state index contributed by atoms with van der Waals surface area (Å²) in [6, 6.07) is 11.3. The Labute approximate surface area is 133 Å². The van der Waals surface area contributed by atoms with Gasteiger partial charge in [-0.3, -0.25) is 9.69 Å². The third-order valence-corrected chi connectivity index (χ3v) is 3.92. The van der Waals surface area contributed by atoms with Crippen molar-refractivity contribution in [2.45, 2.75) is 20.0 Å². The fraction of sp³-hybridized carbons (Fsp3) is 0.222. The summed E-state index contributed by atoms with van der Waals surface area (Å²) < 4.78 is 11.4. The summed E-state index contributed by atoms with van der Waals surface area (Å²) in [4.78, 5) is 18.8. The molecule has 3 heterocycles. The lowest BCUT2D eigenvalue weighted by atomic mass is 10.2. The number of benzene rings is 1. The van der Waals surface area contributed by atoms with E-state index in [-0.39, 0.29) is 12.0 Å². The van der Waals surface area contributed by atoms with Gasteiger partial charge in [-0.25, -0.2) is 4.98 Å². The Morgan fingerprint density at radius 3 is 3.04 bits per heavy atom. The third kappa shape index (κ3) is 2.34. The van der Waals surface area contributed by atoms with E-state index in [1.54, 1.807) is 23.2 Å². The number of furan rings is 1. The van der Waals surface area contributed by atoms with Gasteiger partial charge in [-0.2, -0.15) is 0 Å². The Hall–Kier alpha value is -2.82. The molecule has 23 heavy (non-hydrogen) atoms. The van der Waals surface area contributed by atoms with Crippen LogP contribution in [0.15, 0.2) is 47.0 Å². The van der Waals surface area contributed by atoms with E-state index in [4.69, 9.17) is 9.15 Å². The first-order chi connectivity index (χ1) is 11.1. The molecule has 1 atom stereocenters. The highest BCUT2D eigenvalue weighted by atomic mass is 16.5. The molecule has 1 aliphatic heterocycles. The van der Waals surface area contributed by atoms with Gasteiger partial charge in [0.1, 0.15) is 17.4 Å². The second-order valence-electron chi connectivity index (χ2n) is 5.82. The number of nitrogens with zero attached hydrogens (tertiary/aromatic N) is 2. The third-order valence-electron chi connectivity index (χ3n) is 3.92. The number of ether oxygens (including phenoxy) is 1. The Morgan fingerprint density at radius 1 is 1.30 bits per heavy atom. The molecule has 2 aromatic heterocycles. The first-order valence-electron chi connectivity index (χ1n) is 7.55. The predicted molar refractivity (Wildman–Crippen MR) is 87.0 cm³/mol. The van der Waals surface area contributed by atoms with Gasteiger partial charge in [-0.05, 0) is 44.2 Å². The van der Waals surface area contributed by atoms with Gasteiger partial charge in [0, 0.05) is 11.6 Å². The number of anilines is 1. The summed E-state index contributed by atoms with van der Waals surface area (Å²) in [6.07, 6.45) is 1.54. The van der Waals surface area contributed by atoms with E-state index in [0.29, 0.717) is 29.5 Å². The minimum Gasteiger partial charge on any atom is -0.471 e. The van der Waals surface area contributed by atoms with E-state index in [1.165, 1.54) is 0 Å². The molecular weight excluding hydrogens is 292 g/mol. The molecule has 5 heteroatoms. The number of carbonyl (C=O) groups excluding carboxylic acids is 1. The molecule has 0 saturated carbocycles. The second-order valence-corrected chi connectivity index (χ2v) is 5.82. The van der Waals surface area contributed by atoms with Crippen LogP contribution < -0.4 is 9.64 Å². The summed E-state index contributed by atoms with van der Waals surface area (Å²) in [5.74, 6) is 0.629. The molecule has 0 unspecified atom stereocenters. The largest absolute Gasteiger partial charge is 0.471 e. The van der Waals surface area contributed by atoms with Crippen LogP contribution in [0.5, 0.6) is 5.88 Å². The number of pyridine rings is 1. The Balaban J connectivity index is 1.76. The minimum absolute atomic E-state index is 0.118. The molecule has 116 valence electrons. The summed E-state index contributed by atoms with van der Waals surface area (Å²) in [7, 11) is 0. The molecule has 0 radical (unpaired) electrons. The van der Waals surface area contributed by atoms with Crippen LogP contribution >= 0.6 is 0 Å². The van der Waals surface area contributed by atoms with Gasteiger partial charge in [-0.15, -0.1) is 0 Å². The van der Waals surface area contributed by atoms with Crippen LogP contribution in [0, 0.1) is 6.92 Å².